The summed E-state index contributed by atoms with van der Waals surface area (Å²) in [6.45, 7) is 1.90. The number of carbonyl (C=O) groups is 1. The fourth-order valence-corrected chi connectivity index (χ4v) is 2.02. The van der Waals surface area contributed by atoms with E-state index in [1.165, 1.54) is 6.07 Å². The number of halogens is 2. The number of nitrogens with zero attached hydrogens (tertiary/aromatic N) is 1. The van der Waals surface area contributed by atoms with Gasteiger partial charge in [0.2, 0.25) is 0 Å². The second-order valence-electron chi connectivity index (χ2n) is 3.38. The van der Waals surface area contributed by atoms with E-state index in [-0.39, 0.29) is 10.7 Å². The van der Waals surface area contributed by atoms with Gasteiger partial charge in [0.1, 0.15) is 5.15 Å². The summed E-state index contributed by atoms with van der Waals surface area (Å²) >= 11 is 9.20. The molecule has 0 saturated carbocycles. The number of pyridine rings is 1. The number of aromatic nitrogens is 1. The molecule has 0 bridgehead atoms. The lowest BCUT2D eigenvalue weighted by Gasteiger charge is -2.06. The summed E-state index contributed by atoms with van der Waals surface area (Å²) in [6, 6.07) is 5.20. The molecule has 0 amide bonds. The van der Waals surface area contributed by atoms with Gasteiger partial charge >= 0.3 is 5.97 Å². The van der Waals surface area contributed by atoms with Crippen molar-refractivity contribution in [2.75, 3.05) is 0 Å². The van der Waals surface area contributed by atoms with Crippen LogP contribution in [0.3, 0.4) is 0 Å². The van der Waals surface area contributed by atoms with E-state index in [0.29, 0.717) is 5.52 Å². The summed E-state index contributed by atoms with van der Waals surface area (Å²) in [5.41, 5.74) is 1.68. The molecule has 1 N–H and O–H groups in total. The number of aryl methyl sites for hydroxylation is 1. The maximum absolute atomic E-state index is 10.9. The van der Waals surface area contributed by atoms with Gasteiger partial charge in [-0.05, 0) is 24.6 Å². The Bertz CT molecular complexity index is 598. The first-order chi connectivity index (χ1) is 7.50. The first-order valence-corrected chi connectivity index (χ1v) is 5.66. The Morgan fingerprint density at radius 2 is 2.19 bits per heavy atom. The van der Waals surface area contributed by atoms with Gasteiger partial charge in [-0.25, -0.2) is 9.78 Å². The van der Waals surface area contributed by atoms with Gasteiger partial charge in [-0.1, -0.05) is 33.6 Å². The number of aromatic carboxylic acids is 1. The Kier molecular flexibility index (Phi) is 2.86. The van der Waals surface area contributed by atoms with Gasteiger partial charge in [0, 0.05) is 9.86 Å². The Morgan fingerprint density at radius 3 is 2.81 bits per heavy atom. The molecule has 2 rings (SSSR count). The van der Waals surface area contributed by atoms with Crippen LogP contribution in [0.4, 0.5) is 0 Å². The lowest BCUT2D eigenvalue weighted by molar-refractivity contribution is 0.0697. The van der Waals surface area contributed by atoms with E-state index in [1.54, 1.807) is 0 Å². The summed E-state index contributed by atoms with van der Waals surface area (Å²) in [7, 11) is 0. The van der Waals surface area contributed by atoms with Gasteiger partial charge in [-0.15, -0.1) is 0 Å². The summed E-state index contributed by atoms with van der Waals surface area (Å²) in [5, 5.41) is 9.70. The summed E-state index contributed by atoms with van der Waals surface area (Å²) in [6.07, 6.45) is 0. The zero-order valence-electron chi connectivity index (χ0n) is 8.29. The van der Waals surface area contributed by atoms with Crippen LogP contribution in [-0.2, 0) is 0 Å². The molecule has 0 unspecified atom stereocenters. The molecule has 1 heterocycles. The molecular weight excluding hydrogens is 293 g/mol. The molecule has 3 nitrogen and oxygen atoms in total. The quantitative estimate of drug-likeness (QED) is 0.818. The molecule has 0 atom stereocenters. The predicted octanol–water partition coefficient (Wildman–Crippen LogP) is 3.66. The van der Waals surface area contributed by atoms with Crippen LogP contribution in [0.25, 0.3) is 10.9 Å². The van der Waals surface area contributed by atoms with Crippen LogP contribution in [0.1, 0.15) is 15.9 Å². The second kappa shape index (κ2) is 4.03. The molecule has 2 aromatic rings. The van der Waals surface area contributed by atoms with Crippen molar-refractivity contribution in [3.05, 3.63) is 39.0 Å². The number of carboxylic acids is 1. The minimum Gasteiger partial charge on any atom is -0.478 e. The van der Waals surface area contributed by atoms with Gasteiger partial charge in [0.05, 0.1) is 11.1 Å². The number of hydrogen-bond acceptors (Lipinski definition) is 2. The molecule has 0 aliphatic rings. The maximum Gasteiger partial charge on any atom is 0.338 e. The number of hydrogen-bond donors (Lipinski definition) is 1. The molecular formula is C11H7BrClNO2. The first kappa shape index (κ1) is 11.4. The zero-order chi connectivity index (χ0) is 11.9. The topological polar surface area (TPSA) is 50.2 Å². The molecule has 5 heteroatoms. The van der Waals surface area contributed by atoms with E-state index in [4.69, 9.17) is 16.7 Å². The van der Waals surface area contributed by atoms with Crippen LogP contribution >= 0.6 is 27.5 Å². The van der Waals surface area contributed by atoms with Crippen molar-refractivity contribution in [1.29, 1.82) is 0 Å². The Morgan fingerprint density at radius 1 is 1.50 bits per heavy atom. The largest absolute Gasteiger partial charge is 0.478 e. The Labute approximate surface area is 105 Å². The van der Waals surface area contributed by atoms with E-state index in [1.807, 2.05) is 19.1 Å². The van der Waals surface area contributed by atoms with E-state index in [0.717, 1.165) is 15.4 Å². The molecule has 0 radical (unpaired) electrons. The minimum absolute atomic E-state index is 0.0150. The van der Waals surface area contributed by atoms with Crippen LogP contribution in [0.15, 0.2) is 22.7 Å². The average molecular weight is 301 g/mol. The molecule has 0 spiro atoms. The van der Waals surface area contributed by atoms with Crippen molar-refractivity contribution < 1.29 is 9.90 Å². The van der Waals surface area contributed by atoms with Crippen LogP contribution in [0.5, 0.6) is 0 Å². The smallest absolute Gasteiger partial charge is 0.338 e. The van der Waals surface area contributed by atoms with Crippen molar-refractivity contribution in [2.45, 2.75) is 6.92 Å². The molecule has 0 fully saturated rings. The second-order valence-corrected chi connectivity index (χ2v) is 4.59. The maximum atomic E-state index is 10.9. The molecule has 16 heavy (non-hydrogen) atoms. The van der Waals surface area contributed by atoms with Gasteiger partial charge in [-0.3, -0.25) is 0 Å². The highest BCUT2D eigenvalue weighted by Gasteiger charge is 2.13. The summed E-state index contributed by atoms with van der Waals surface area (Å²) in [5.74, 6) is -1.07. The average Bonchev–Trinajstić information content (AvgIpc) is 2.23. The monoisotopic (exact) mass is 299 g/mol. The molecule has 0 aliphatic carbocycles. The molecule has 82 valence electrons. The van der Waals surface area contributed by atoms with E-state index < -0.39 is 5.97 Å². The van der Waals surface area contributed by atoms with Crippen molar-refractivity contribution >= 4 is 44.4 Å². The predicted molar refractivity (Wildman–Crippen MR) is 66.1 cm³/mol. The molecule has 1 aromatic heterocycles. The van der Waals surface area contributed by atoms with Gasteiger partial charge in [-0.2, -0.15) is 0 Å². The number of benzene rings is 1. The molecule has 0 saturated heterocycles. The fourth-order valence-electron chi connectivity index (χ4n) is 1.48. The molecule has 0 aliphatic heterocycles. The van der Waals surface area contributed by atoms with Crippen molar-refractivity contribution in [1.82, 2.24) is 4.98 Å². The normalized spacial score (nSPS) is 10.7. The third kappa shape index (κ3) is 1.79. The van der Waals surface area contributed by atoms with E-state index in [2.05, 4.69) is 20.9 Å². The summed E-state index contributed by atoms with van der Waals surface area (Å²) < 4.78 is 0.923. The first-order valence-electron chi connectivity index (χ1n) is 4.49. The third-order valence-corrected chi connectivity index (χ3v) is 3.51. The van der Waals surface area contributed by atoms with Crippen molar-refractivity contribution in [2.24, 2.45) is 0 Å². The Balaban J connectivity index is 2.84. The highest BCUT2D eigenvalue weighted by Crippen LogP contribution is 2.27. The molecule has 1 aromatic carbocycles. The fraction of sp³-hybridized carbons (Fsp3) is 0.0909. The highest BCUT2D eigenvalue weighted by atomic mass is 79.9. The van der Waals surface area contributed by atoms with E-state index >= 15 is 0 Å². The lowest BCUT2D eigenvalue weighted by atomic mass is 10.1. The number of carboxylic acid groups (broad SMARTS) is 1. The standard InChI is InChI=1S/C11H7BrClNO2/c1-5-8(12)3-2-6-4-7(11(15)16)10(13)14-9(5)6/h2-4H,1H3,(H,15,16). The number of rotatable bonds is 1. The van der Waals surface area contributed by atoms with Crippen molar-refractivity contribution in [3.8, 4) is 0 Å². The zero-order valence-corrected chi connectivity index (χ0v) is 10.6. The van der Waals surface area contributed by atoms with Gasteiger partial charge in [0.15, 0.2) is 0 Å². The van der Waals surface area contributed by atoms with Crippen LogP contribution in [0, 0.1) is 6.92 Å². The Hall–Kier alpha value is -1.13. The van der Waals surface area contributed by atoms with Gasteiger partial charge in [0.25, 0.3) is 0 Å². The highest BCUT2D eigenvalue weighted by molar-refractivity contribution is 9.10. The van der Waals surface area contributed by atoms with Crippen LogP contribution in [-0.4, -0.2) is 16.1 Å². The number of fused-ring (bicyclic) bond motifs is 1. The van der Waals surface area contributed by atoms with Crippen molar-refractivity contribution in [3.63, 3.8) is 0 Å². The summed E-state index contributed by atoms with van der Waals surface area (Å²) in [4.78, 5) is 15.0. The SMILES string of the molecule is Cc1c(Br)ccc2cc(C(=O)O)c(Cl)nc12. The minimum atomic E-state index is -1.07. The third-order valence-electron chi connectivity index (χ3n) is 2.36. The lowest BCUT2D eigenvalue weighted by Crippen LogP contribution is -2.00. The van der Waals surface area contributed by atoms with Crippen LogP contribution < -0.4 is 0 Å². The van der Waals surface area contributed by atoms with Gasteiger partial charge < -0.3 is 5.11 Å². The van der Waals surface area contributed by atoms with Crippen LogP contribution in [0.2, 0.25) is 5.15 Å². The van der Waals surface area contributed by atoms with E-state index in [9.17, 15) is 4.79 Å².